The molecule has 18 heavy (non-hydrogen) atoms. The van der Waals surface area contributed by atoms with Gasteiger partial charge in [0.15, 0.2) is 0 Å². The van der Waals surface area contributed by atoms with Gasteiger partial charge in [-0.15, -0.1) is 11.3 Å². The fourth-order valence-corrected chi connectivity index (χ4v) is 2.71. The predicted octanol–water partition coefficient (Wildman–Crippen LogP) is 3.78. The van der Waals surface area contributed by atoms with E-state index in [1.165, 1.54) is 11.3 Å². The average Bonchev–Trinajstić information content (AvgIpc) is 2.75. The SMILES string of the molecule is CCc1ccc(C(N)c2c(F)cc(F)cc2F)s1. The molecule has 1 aromatic heterocycles. The van der Waals surface area contributed by atoms with Crippen LogP contribution < -0.4 is 5.73 Å². The Morgan fingerprint density at radius 2 is 1.78 bits per heavy atom. The molecule has 1 aromatic carbocycles. The topological polar surface area (TPSA) is 26.0 Å². The van der Waals surface area contributed by atoms with Crippen LogP contribution in [-0.4, -0.2) is 0 Å². The van der Waals surface area contributed by atoms with E-state index in [1.54, 1.807) is 6.07 Å². The highest BCUT2D eigenvalue weighted by atomic mass is 32.1. The molecule has 0 fully saturated rings. The summed E-state index contributed by atoms with van der Waals surface area (Å²) in [5, 5.41) is 0. The Hall–Kier alpha value is -1.33. The summed E-state index contributed by atoms with van der Waals surface area (Å²) >= 11 is 1.41. The summed E-state index contributed by atoms with van der Waals surface area (Å²) in [6.07, 6.45) is 0.839. The van der Waals surface area contributed by atoms with Gasteiger partial charge in [-0.05, 0) is 18.6 Å². The molecule has 5 heteroatoms. The minimum absolute atomic E-state index is 0.291. The Balaban J connectivity index is 2.42. The summed E-state index contributed by atoms with van der Waals surface area (Å²) in [6.45, 7) is 1.99. The lowest BCUT2D eigenvalue weighted by Gasteiger charge is -2.12. The molecule has 0 spiro atoms. The molecule has 0 aliphatic carbocycles. The molecule has 2 rings (SSSR count). The Morgan fingerprint density at radius 1 is 1.17 bits per heavy atom. The maximum absolute atomic E-state index is 13.6. The van der Waals surface area contributed by atoms with Crippen molar-refractivity contribution < 1.29 is 13.2 Å². The molecule has 0 amide bonds. The molecular formula is C13H12F3NS. The molecule has 0 saturated heterocycles. The molecule has 1 nitrogen and oxygen atoms in total. The standard InChI is InChI=1S/C13H12F3NS/c1-2-8-3-4-11(18-8)13(17)12-9(15)5-7(14)6-10(12)16/h3-6,13H,2,17H2,1H3. The number of rotatable bonds is 3. The van der Waals surface area contributed by atoms with E-state index in [2.05, 4.69) is 0 Å². The van der Waals surface area contributed by atoms with Crippen molar-refractivity contribution in [3.63, 3.8) is 0 Å². The van der Waals surface area contributed by atoms with Gasteiger partial charge in [0.2, 0.25) is 0 Å². The zero-order chi connectivity index (χ0) is 13.3. The van der Waals surface area contributed by atoms with E-state index in [9.17, 15) is 13.2 Å². The van der Waals surface area contributed by atoms with Crippen LogP contribution in [0.15, 0.2) is 24.3 Å². The van der Waals surface area contributed by atoms with Crippen molar-refractivity contribution in [3.05, 3.63) is 57.0 Å². The maximum Gasteiger partial charge on any atom is 0.134 e. The monoisotopic (exact) mass is 271 g/mol. The molecule has 2 aromatic rings. The first-order valence-corrected chi connectivity index (χ1v) is 6.33. The van der Waals surface area contributed by atoms with Gasteiger partial charge in [0.25, 0.3) is 0 Å². The molecule has 0 aliphatic heterocycles. The van der Waals surface area contributed by atoms with Gasteiger partial charge in [-0.2, -0.15) is 0 Å². The van der Waals surface area contributed by atoms with Crippen LogP contribution >= 0.6 is 11.3 Å². The number of halogens is 3. The van der Waals surface area contributed by atoms with Crippen molar-refractivity contribution in [1.29, 1.82) is 0 Å². The van der Waals surface area contributed by atoms with Crippen molar-refractivity contribution >= 4 is 11.3 Å². The lowest BCUT2D eigenvalue weighted by molar-refractivity contribution is 0.516. The van der Waals surface area contributed by atoms with Crippen LogP contribution in [0.4, 0.5) is 13.2 Å². The van der Waals surface area contributed by atoms with Crippen molar-refractivity contribution in [2.24, 2.45) is 5.73 Å². The minimum Gasteiger partial charge on any atom is -0.319 e. The second-order valence-electron chi connectivity index (χ2n) is 3.92. The van der Waals surface area contributed by atoms with Gasteiger partial charge in [0, 0.05) is 27.5 Å². The fourth-order valence-electron chi connectivity index (χ4n) is 1.74. The third kappa shape index (κ3) is 2.42. The smallest absolute Gasteiger partial charge is 0.134 e. The number of hydrogen-bond donors (Lipinski definition) is 1. The highest BCUT2D eigenvalue weighted by Crippen LogP contribution is 2.30. The Morgan fingerprint density at radius 3 is 2.28 bits per heavy atom. The van der Waals surface area contributed by atoms with E-state index in [4.69, 9.17) is 5.73 Å². The molecule has 96 valence electrons. The van der Waals surface area contributed by atoms with Gasteiger partial charge in [0.1, 0.15) is 17.5 Å². The van der Waals surface area contributed by atoms with Crippen LogP contribution in [0.3, 0.4) is 0 Å². The van der Waals surface area contributed by atoms with Crippen LogP contribution in [0.5, 0.6) is 0 Å². The van der Waals surface area contributed by atoms with Crippen LogP contribution in [0, 0.1) is 17.5 Å². The first kappa shape index (κ1) is 13.1. The normalized spacial score (nSPS) is 12.7. The zero-order valence-electron chi connectivity index (χ0n) is 9.71. The van der Waals surface area contributed by atoms with E-state index in [0.717, 1.165) is 11.3 Å². The summed E-state index contributed by atoms with van der Waals surface area (Å²) in [6, 6.07) is 4.00. The summed E-state index contributed by atoms with van der Waals surface area (Å²) in [5.74, 6) is -2.85. The van der Waals surface area contributed by atoms with Crippen molar-refractivity contribution in [1.82, 2.24) is 0 Å². The van der Waals surface area contributed by atoms with Crippen LogP contribution in [0.2, 0.25) is 0 Å². The fraction of sp³-hybridized carbons (Fsp3) is 0.231. The van der Waals surface area contributed by atoms with E-state index >= 15 is 0 Å². The summed E-state index contributed by atoms with van der Waals surface area (Å²) < 4.78 is 40.0. The zero-order valence-corrected chi connectivity index (χ0v) is 10.5. The quantitative estimate of drug-likeness (QED) is 0.903. The van der Waals surface area contributed by atoms with Crippen LogP contribution in [-0.2, 0) is 6.42 Å². The maximum atomic E-state index is 13.6. The number of hydrogen-bond acceptors (Lipinski definition) is 2. The molecule has 1 heterocycles. The highest BCUT2D eigenvalue weighted by molar-refractivity contribution is 7.12. The van der Waals surface area contributed by atoms with Crippen molar-refractivity contribution in [2.45, 2.75) is 19.4 Å². The molecule has 2 N–H and O–H groups in total. The van der Waals surface area contributed by atoms with Crippen molar-refractivity contribution in [2.75, 3.05) is 0 Å². The Labute approximate surface area is 107 Å². The lowest BCUT2D eigenvalue weighted by atomic mass is 10.0. The Kier molecular flexibility index (Phi) is 3.73. The number of aryl methyl sites for hydroxylation is 1. The molecule has 1 atom stereocenters. The van der Waals surface area contributed by atoms with E-state index in [0.29, 0.717) is 17.0 Å². The first-order valence-electron chi connectivity index (χ1n) is 5.51. The van der Waals surface area contributed by atoms with Crippen LogP contribution in [0.1, 0.15) is 28.3 Å². The second kappa shape index (κ2) is 5.12. The highest BCUT2D eigenvalue weighted by Gasteiger charge is 2.21. The van der Waals surface area contributed by atoms with Gasteiger partial charge in [-0.3, -0.25) is 0 Å². The van der Waals surface area contributed by atoms with Gasteiger partial charge >= 0.3 is 0 Å². The van der Waals surface area contributed by atoms with Crippen molar-refractivity contribution in [3.8, 4) is 0 Å². The lowest BCUT2D eigenvalue weighted by Crippen LogP contribution is -2.14. The van der Waals surface area contributed by atoms with Crippen LogP contribution in [0.25, 0.3) is 0 Å². The first-order chi connectivity index (χ1) is 8.52. The summed E-state index contributed by atoms with van der Waals surface area (Å²) in [7, 11) is 0. The molecule has 0 saturated carbocycles. The third-order valence-electron chi connectivity index (χ3n) is 2.69. The molecular weight excluding hydrogens is 259 g/mol. The summed E-state index contributed by atoms with van der Waals surface area (Å²) in [4.78, 5) is 1.75. The van der Waals surface area contributed by atoms with Gasteiger partial charge in [0.05, 0.1) is 6.04 Å². The number of benzene rings is 1. The largest absolute Gasteiger partial charge is 0.319 e. The molecule has 1 unspecified atom stereocenters. The number of nitrogens with two attached hydrogens (primary N) is 1. The average molecular weight is 271 g/mol. The number of thiophene rings is 1. The summed E-state index contributed by atoms with van der Waals surface area (Å²) in [5.41, 5.74) is 5.55. The Bertz CT molecular complexity index is 542. The van der Waals surface area contributed by atoms with Gasteiger partial charge in [-0.25, -0.2) is 13.2 Å². The van der Waals surface area contributed by atoms with E-state index < -0.39 is 23.5 Å². The van der Waals surface area contributed by atoms with Gasteiger partial charge < -0.3 is 5.73 Å². The van der Waals surface area contributed by atoms with E-state index in [1.807, 2.05) is 13.0 Å². The minimum atomic E-state index is -0.952. The van der Waals surface area contributed by atoms with Gasteiger partial charge in [-0.1, -0.05) is 6.92 Å². The third-order valence-corrected chi connectivity index (χ3v) is 4.00. The molecule has 0 radical (unpaired) electrons. The predicted molar refractivity (Wildman–Crippen MR) is 66.0 cm³/mol. The van der Waals surface area contributed by atoms with E-state index in [-0.39, 0.29) is 5.56 Å². The molecule has 0 aliphatic rings. The molecule has 0 bridgehead atoms. The second-order valence-corrected chi connectivity index (χ2v) is 5.12.